The van der Waals surface area contributed by atoms with Crippen molar-refractivity contribution in [2.45, 2.75) is 38.2 Å². The number of halogens is 2. The average molecular weight is 271 g/mol. The summed E-state index contributed by atoms with van der Waals surface area (Å²) in [6, 6.07) is 4.72. The largest absolute Gasteiger partial charge is 0.367 e. The van der Waals surface area contributed by atoms with Gasteiger partial charge in [0.25, 0.3) is 0 Å². The van der Waals surface area contributed by atoms with Crippen LogP contribution in [0.15, 0.2) is 18.2 Å². The Bertz CT molecular complexity index is 453. The van der Waals surface area contributed by atoms with E-state index in [-0.39, 0.29) is 17.2 Å². The minimum absolute atomic E-state index is 0.0306. The molecule has 0 bridgehead atoms. The first-order valence-corrected chi connectivity index (χ1v) is 6.51. The average Bonchev–Trinajstić information content (AvgIpc) is 2.36. The van der Waals surface area contributed by atoms with Gasteiger partial charge in [0, 0.05) is 13.0 Å². The van der Waals surface area contributed by atoms with E-state index in [2.05, 4.69) is 0 Å². The van der Waals surface area contributed by atoms with E-state index in [1.165, 1.54) is 6.07 Å². The van der Waals surface area contributed by atoms with Crippen LogP contribution in [0.2, 0.25) is 5.02 Å². The van der Waals surface area contributed by atoms with Crippen LogP contribution in [0.4, 0.5) is 4.39 Å². The van der Waals surface area contributed by atoms with Gasteiger partial charge in [0.05, 0.1) is 5.02 Å². The lowest BCUT2D eigenvalue weighted by Gasteiger charge is -2.32. The maximum absolute atomic E-state index is 13.7. The van der Waals surface area contributed by atoms with E-state index < -0.39 is 11.4 Å². The molecule has 0 amide bonds. The molecule has 98 valence electrons. The summed E-state index contributed by atoms with van der Waals surface area (Å²) in [6.07, 6.45) is 2.69. The third-order valence-corrected chi connectivity index (χ3v) is 3.73. The smallest absolute Gasteiger partial charge is 0.168 e. The van der Waals surface area contributed by atoms with Crippen LogP contribution in [0.1, 0.15) is 31.7 Å². The molecular weight excluding hydrogens is 255 g/mol. The Morgan fingerprint density at radius 2 is 2.28 bits per heavy atom. The number of benzene rings is 1. The van der Waals surface area contributed by atoms with Crippen molar-refractivity contribution in [2.24, 2.45) is 0 Å². The number of rotatable bonds is 3. The van der Waals surface area contributed by atoms with E-state index in [4.69, 9.17) is 16.3 Å². The van der Waals surface area contributed by atoms with Crippen LogP contribution in [0.5, 0.6) is 0 Å². The van der Waals surface area contributed by atoms with Gasteiger partial charge >= 0.3 is 0 Å². The maximum Gasteiger partial charge on any atom is 0.168 e. The van der Waals surface area contributed by atoms with E-state index >= 15 is 0 Å². The van der Waals surface area contributed by atoms with Crippen LogP contribution in [0.25, 0.3) is 0 Å². The first kappa shape index (κ1) is 13.5. The Hall–Kier alpha value is -0.930. The Balaban J connectivity index is 2.13. The normalized spacial score (nSPS) is 23.9. The van der Waals surface area contributed by atoms with Crippen LogP contribution in [-0.4, -0.2) is 18.0 Å². The number of ether oxygens (including phenoxy) is 1. The summed E-state index contributed by atoms with van der Waals surface area (Å²) in [5.74, 6) is -0.588. The molecular formula is C14H16ClFO2. The molecule has 1 fully saturated rings. The fourth-order valence-corrected chi connectivity index (χ4v) is 2.39. The summed E-state index contributed by atoms with van der Waals surface area (Å²) < 4.78 is 19.3. The summed E-state index contributed by atoms with van der Waals surface area (Å²) in [7, 11) is 0. The molecule has 1 aliphatic rings. The molecule has 0 radical (unpaired) electrons. The Morgan fingerprint density at radius 3 is 2.94 bits per heavy atom. The minimum atomic E-state index is -0.771. The van der Waals surface area contributed by atoms with Gasteiger partial charge < -0.3 is 4.74 Å². The molecule has 1 atom stereocenters. The van der Waals surface area contributed by atoms with Crippen LogP contribution >= 0.6 is 11.6 Å². The summed E-state index contributed by atoms with van der Waals surface area (Å²) in [4.78, 5) is 12.2. The Labute approximate surface area is 111 Å². The molecule has 1 aromatic rings. The number of hydrogen-bond acceptors (Lipinski definition) is 2. The highest BCUT2D eigenvalue weighted by molar-refractivity contribution is 6.30. The molecule has 0 saturated carbocycles. The van der Waals surface area contributed by atoms with E-state index in [0.717, 1.165) is 12.8 Å². The van der Waals surface area contributed by atoms with Gasteiger partial charge in [-0.15, -0.1) is 0 Å². The second-order valence-corrected chi connectivity index (χ2v) is 5.26. The van der Waals surface area contributed by atoms with Gasteiger partial charge in [-0.1, -0.05) is 23.7 Å². The van der Waals surface area contributed by atoms with Crippen molar-refractivity contribution in [3.8, 4) is 0 Å². The lowest BCUT2D eigenvalue weighted by Crippen LogP contribution is -2.42. The highest BCUT2D eigenvalue weighted by Crippen LogP contribution is 2.28. The van der Waals surface area contributed by atoms with Crippen molar-refractivity contribution < 1.29 is 13.9 Å². The SMILES string of the molecule is CC1(C(=O)Cc2cccc(Cl)c2F)CCCCO1. The molecule has 0 aliphatic carbocycles. The van der Waals surface area contributed by atoms with Gasteiger partial charge in [0.1, 0.15) is 11.4 Å². The molecule has 1 saturated heterocycles. The lowest BCUT2D eigenvalue weighted by atomic mass is 9.88. The molecule has 2 nitrogen and oxygen atoms in total. The fourth-order valence-electron chi connectivity index (χ4n) is 2.20. The first-order chi connectivity index (χ1) is 8.53. The van der Waals surface area contributed by atoms with Gasteiger partial charge in [0.2, 0.25) is 0 Å². The van der Waals surface area contributed by atoms with Crippen LogP contribution in [0, 0.1) is 5.82 Å². The second-order valence-electron chi connectivity index (χ2n) is 4.85. The predicted molar refractivity (Wildman–Crippen MR) is 68.3 cm³/mol. The van der Waals surface area contributed by atoms with Gasteiger partial charge in [-0.25, -0.2) is 4.39 Å². The molecule has 0 spiro atoms. The lowest BCUT2D eigenvalue weighted by molar-refractivity contribution is -0.147. The van der Waals surface area contributed by atoms with E-state index in [1.54, 1.807) is 19.1 Å². The predicted octanol–water partition coefficient (Wildman–Crippen LogP) is 3.55. The maximum atomic E-state index is 13.7. The zero-order valence-electron chi connectivity index (χ0n) is 10.3. The molecule has 0 N–H and O–H groups in total. The second kappa shape index (κ2) is 5.37. The number of Topliss-reactive ketones (excluding diaryl/α,β-unsaturated/α-hetero) is 1. The van der Waals surface area contributed by atoms with E-state index in [1.807, 2.05) is 0 Å². The molecule has 2 rings (SSSR count). The van der Waals surface area contributed by atoms with Crippen molar-refractivity contribution in [1.82, 2.24) is 0 Å². The molecule has 1 aromatic carbocycles. The topological polar surface area (TPSA) is 26.3 Å². The van der Waals surface area contributed by atoms with Gasteiger partial charge in [-0.2, -0.15) is 0 Å². The van der Waals surface area contributed by atoms with Crippen molar-refractivity contribution in [2.75, 3.05) is 6.61 Å². The number of carbonyl (C=O) groups is 1. The minimum Gasteiger partial charge on any atom is -0.367 e. The summed E-state index contributed by atoms with van der Waals surface area (Å²) in [5, 5.41) is 0.0509. The van der Waals surface area contributed by atoms with Crippen molar-refractivity contribution in [3.63, 3.8) is 0 Å². The van der Waals surface area contributed by atoms with Crippen LogP contribution < -0.4 is 0 Å². The number of carbonyl (C=O) groups excluding carboxylic acids is 1. The molecule has 1 unspecified atom stereocenters. The van der Waals surface area contributed by atoms with Crippen LogP contribution in [0.3, 0.4) is 0 Å². The van der Waals surface area contributed by atoms with Crippen molar-refractivity contribution in [1.29, 1.82) is 0 Å². The molecule has 1 aliphatic heterocycles. The Morgan fingerprint density at radius 1 is 1.50 bits per heavy atom. The summed E-state index contributed by atoms with van der Waals surface area (Å²) >= 11 is 5.70. The third-order valence-electron chi connectivity index (χ3n) is 3.44. The number of ketones is 1. The summed E-state index contributed by atoms with van der Waals surface area (Å²) in [6.45, 7) is 2.39. The third kappa shape index (κ3) is 2.73. The van der Waals surface area contributed by atoms with Crippen molar-refractivity contribution >= 4 is 17.4 Å². The highest BCUT2D eigenvalue weighted by atomic mass is 35.5. The van der Waals surface area contributed by atoms with Gasteiger partial charge in [-0.05, 0) is 37.8 Å². The van der Waals surface area contributed by atoms with Gasteiger partial charge in [-0.3, -0.25) is 4.79 Å². The molecule has 18 heavy (non-hydrogen) atoms. The Kier molecular flexibility index (Phi) is 4.03. The fraction of sp³-hybridized carbons (Fsp3) is 0.500. The van der Waals surface area contributed by atoms with Crippen molar-refractivity contribution in [3.05, 3.63) is 34.6 Å². The standard InChI is InChI=1S/C14H16ClFO2/c1-14(7-2-3-8-18-14)12(17)9-10-5-4-6-11(15)13(10)16/h4-6H,2-3,7-9H2,1H3. The zero-order chi connectivity index (χ0) is 13.2. The molecule has 1 heterocycles. The first-order valence-electron chi connectivity index (χ1n) is 6.13. The highest BCUT2D eigenvalue weighted by Gasteiger charge is 2.35. The molecule has 0 aromatic heterocycles. The van der Waals surface area contributed by atoms with Crippen LogP contribution in [-0.2, 0) is 16.0 Å². The summed E-state index contributed by atoms with van der Waals surface area (Å²) in [5.41, 5.74) is -0.435. The van der Waals surface area contributed by atoms with Gasteiger partial charge in [0.15, 0.2) is 5.78 Å². The monoisotopic (exact) mass is 270 g/mol. The van der Waals surface area contributed by atoms with E-state index in [9.17, 15) is 9.18 Å². The zero-order valence-corrected chi connectivity index (χ0v) is 11.1. The molecule has 4 heteroatoms. The van der Waals surface area contributed by atoms with E-state index in [0.29, 0.717) is 18.6 Å². The number of hydrogen-bond donors (Lipinski definition) is 0. The quantitative estimate of drug-likeness (QED) is 0.840.